The van der Waals surface area contributed by atoms with Gasteiger partial charge in [0.15, 0.2) is 0 Å². The molecule has 5 heteroatoms. The van der Waals surface area contributed by atoms with E-state index >= 15 is 0 Å². The SMILES string of the molecule is OC1(Cc2ccc(F)c(Cl)c2F)CCNC1. The van der Waals surface area contributed by atoms with Crippen molar-refractivity contribution >= 4 is 11.6 Å². The summed E-state index contributed by atoms with van der Waals surface area (Å²) in [4.78, 5) is 0. The molecule has 2 rings (SSSR count). The first-order valence-electron chi connectivity index (χ1n) is 5.07. The Bertz CT molecular complexity index is 405. The molecule has 1 aliphatic heterocycles. The summed E-state index contributed by atoms with van der Waals surface area (Å²) < 4.78 is 26.5. The van der Waals surface area contributed by atoms with Crippen molar-refractivity contribution in [3.8, 4) is 0 Å². The van der Waals surface area contributed by atoms with Crippen molar-refractivity contribution in [1.29, 1.82) is 0 Å². The van der Waals surface area contributed by atoms with Crippen molar-refractivity contribution < 1.29 is 13.9 Å². The fraction of sp³-hybridized carbons (Fsp3) is 0.455. The summed E-state index contributed by atoms with van der Waals surface area (Å²) >= 11 is 5.47. The maximum Gasteiger partial charge on any atom is 0.148 e. The molecule has 1 fully saturated rings. The molecule has 0 aliphatic carbocycles. The summed E-state index contributed by atoms with van der Waals surface area (Å²) in [6.07, 6.45) is 0.702. The minimum absolute atomic E-state index is 0.145. The van der Waals surface area contributed by atoms with Crippen molar-refractivity contribution in [1.82, 2.24) is 5.32 Å². The molecular formula is C11H12ClF2NO. The van der Waals surface area contributed by atoms with Crippen LogP contribution in [-0.4, -0.2) is 23.8 Å². The van der Waals surface area contributed by atoms with E-state index in [-0.39, 0.29) is 12.0 Å². The van der Waals surface area contributed by atoms with Gasteiger partial charge in [-0.3, -0.25) is 0 Å². The summed E-state index contributed by atoms with van der Waals surface area (Å²) in [6, 6.07) is 2.44. The van der Waals surface area contributed by atoms with Crippen LogP contribution in [0.3, 0.4) is 0 Å². The molecule has 0 bridgehead atoms. The number of nitrogens with one attached hydrogen (secondary N) is 1. The first-order chi connectivity index (χ1) is 7.52. The van der Waals surface area contributed by atoms with Gasteiger partial charge in [0, 0.05) is 13.0 Å². The molecule has 2 nitrogen and oxygen atoms in total. The Kier molecular flexibility index (Phi) is 3.15. The average molecular weight is 248 g/mol. The van der Waals surface area contributed by atoms with Crippen molar-refractivity contribution in [2.75, 3.05) is 13.1 Å². The van der Waals surface area contributed by atoms with Gasteiger partial charge >= 0.3 is 0 Å². The normalized spacial score (nSPS) is 25.0. The lowest BCUT2D eigenvalue weighted by atomic mass is 9.93. The summed E-state index contributed by atoms with van der Waals surface area (Å²) in [5.74, 6) is -1.55. The zero-order valence-corrected chi connectivity index (χ0v) is 9.32. The molecule has 0 aromatic heterocycles. The first-order valence-corrected chi connectivity index (χ1v) is 5.45. The van der Waals surface area contributed by atoms with Gasteiger partial charge in [-0.25, -0.2) is 8.78 Å². The van der Waals surface area contributed by atoms with Crippen LogP contribution in [0.15, 0.2) is 12.1 Å². The van der Waals surface area contributed by atoms with Gasteiger partial charge in [-0.2, -0.15) is 0 Å². The highest BCUT2D eigenvalue weighted by Crippen LogP contribution is 2.27. The van der Waals surface area contributed by atoms with Gasteiger partial charge in [0.25, 0.3) is 0 Å². The van der Waals surface area contributed by atoms with E-state index in [1.54, 1.807) is 0 Å². The minimum atomic E-state index is -0.956. The number of aliphatic hydroxyl groups is 1. The number of β-amino-alcohol motifs (C(OH)–C–C–N with tert-alkyl or cyclic N) is 1. The number of rotatable bonds is 2. The molecule has 88 valence electrons. The largest absolute Gasteiger partial charge is 0.388 e. The molecule has 1 heterocycles. The lowest BCUT2D eigenvalue weighted by Crippen LogP contribution is -2.34. The molecule has 1 atom stereocenters. The third-order valence-electron chi connectivity index (χ3n) is 2.86. The quantitative estimate of drug-likeness (QED) is 0.783. The fourth-order valence-electron chi connectivity index (χ4n) is 1.94. The van der Waals surface area contributed by atoms with E-state index in [4.69, 9.17) is 11.6 Å². The van der Waals surface area contributed by atoms with Gasteiger partial charge in [0.2, 0.25) is 0 Å². The second kappa shape index (κ2) is 4.28. The second-order valence-electron chi connectivity index (χ2n) is 4.16. The number of benzene rings is 1. The number of hydrogen-bond acceptors (Lipinski definition) is 2. The Morgan fingerprint density at radius 2 is 2.19 bits per heavy atom. The van der Waals surface area contributed by atoms with Gasteiger partial charge in [-0.1, -0.05) is 17.7 Å². The highest BCUT2D eigenvalue weighted by Gasteiger charge is 2.32. The highest BCUT2D eigenvalue weighted by molar-refractivity contribution is 6.30. The van der Waals surface area contributed by atoms with E-state index in [1.165, 1.54) is 6.07 Å². The molecule has 1 aliphatic rings. The summed E-state index contributed by atoms with van der Waals surface area (Å²) in [7, 11) is 0. The molecule has 2 N–H and O–H groups in total. The van der Waals surface area contributed by atoms with Crippen LogP contribution in [0.5, 0.6) is 0 Å². The van der Waals surface area contributed by atoms with Gasteiger partial charge in [-0.15, -0.1) is 0 Å². The van der Waals surface area contributed by atoms with Crippen molar-refractivity contribution in [3.63, 3.8) is 0 Å². The van der Waals surface area contributed by atoms with Crippen LogP contribution in [0.4, 0.5) is 8.78 Å². The van der Waals surface area contributed by atoms with Crippen LogP contribution in [0.25, 0.3) is 0 Å². The lowest BCUT2D eigenvalue weighted by molar-refractivity contribution is 0.0609. The topological polar surface area (TPSA) is 32.3 Å². The average Bonchev–Trinajstić information content (AvgIpc) is 2.67. The Labute approximate surface area is 97.2 Å². The molecule has 0 saturated carbocycles. The van der Waals surface area contributed by atoms with Crippen LogP contribution >= 0.6 is 11.6 Å². The van der Waals surface area contributed by atoms with E-state index in [1.807, 2.05) is 0 Å². The summed E-state index contributed by atoms with van der Waals surface area (Å²) in [6.45, 7) is 1.12. The fourth-order valence-corrected chi connectivity index (χ4v) is 2.12. The van der Waals surface area contributed by atoms with Gasteiger partial charge in [-0.05, 0) is 24.6 Å². The third-order valence-corrected chi connectivity index (χ3v) is 3.20. The standard InChI is InChI=1S/C11H12ClF2NO/c12-9-8(13)2-1-7(10(9)14)5-11(16)3-4-15-6-11/h1-2,15-16H,3-6H2. The molecule has 1 aromatic carbocycles. The lowest BCUT2D eigenvalue weighted by Gasteiger charge is -2.21. The molecule has 1 aromatic rings. The zero-order chi connectivity index (χ0) is 11.8. The van der Waals surface area contributed by atoms with Crippen LogP contribution in [0.1, 0.15) is 12.0 Å². The van der Waals surface area contributed by atoms with E-state index in [2.05, 4.69) is 5.32 Å². The monoisotopic (exact) mass is 247 g/mol. The van der Waals surface area contributed by atoms with Crippen molar-refractivity contribution in [2.24, 2.45) is 0 Å². The molecule has 1 saturated heterocycles. The highest BCUT2D eigenvalue weighted by atomic mass is 35.5. The van der Waals surface area contributed by atoms with Crippen LogP contribution < -0.4 is 5.32 Å². The number of halogens is 3. The minimum Gasteiger partial charge on any atom is -0.388 e. The molecule has 1 unspecified atom stereocenters. The van der Waals surface area contributed by atoms with Crippen molar-refractivity contribution in [2.45, 2.75) is 18.4 Å². The number of hydrogen-bond donors (Lipinski definition) is 2. The molecular weight excluding hydrogens is 236 g/mol. The Hall–Kier alpha value is -0.710. The Balaban J connectivity index is 2.25. The predicted molar refractivity (Wildman–Crippen MR) is 57.5 cm³/mol. The molecule has 16 heavy (non-hydrogen) atoms. The Morgan fingerprint density at radius 3 is 2.81 bits per heavy atom. The maximum absolute atomic E-state index is 13.6. The van der Waals surface area contributed by atoms with E-state index in [9.17, 15) is 13.9 Å². The second-order valence-corrected chi connectivity index (χ2v) is 4.54. The van der Waals surface area contributed by atoms with Crippen LogP contribution in [0.2, 0.25) is 5.02 Å². The van der Waals surface area contributed by atoms with E-state index in [0.29, 0.717) is 19.5 Å². The first kappa shape index (κ1) is 11.8. The summed E-state index contributed by atoms with van der Waals surface area (Å²) in [5, 5.41) is 12.6. The van der Waals surface area contributed by atoms with Gasteiger partial charge < -0.3 is 10.4 Å². The van der Waals surface area contributed by atoms with Crippen molar-refractivity contribution in [3.05, 3.63) is 34.4 Å². The van der Waals surface area contributed by atoms with E-state index in [0.717, 1.165) is 6.07 Å². The molecule has 0 radical (unpaired) electrons. The third kappa shape index (κ3) is 2.19. The van der Waals surface area contributed by atoms with Crippen LogP contribution in [0, 0.1) is 11.6 Å². The smallest absolute Gasteiger partial charge is 0.148 e. The summed E-state index contributed by atoms with van der Waals surface area (Å²) in [5.41, 5.74) is -0.709. The maximum atomic E-state index is 13.6. The predicted octanol–water partition coefficient (Wildman–Crippen LogP) is 1.89. The van der Waals surface area contributed by atoms with Gasteiger partial charge in [0.05, 0.1) is 5.60 Å². The van der Waals surface area contributed by atoms with E-state index < -0.39 is 22.3 Å². The van der Waals surface area contributed by atoms with Gasteiger partial charge in [0.1, 0.15) is 16.7 Å². The Morgan fingerprint density at radius 1 is 1.44 bits per heavy atom. The molecule has 0 spiro atoms. The van der Waals surface area contributed by atoms with Crippen LogP contribution in [-0.2, 0) is 6.42 Å². The zero-order valence-electron chi connectivity index (χ0n) is 8.56. The molecule has 0 amide bonds.